The van der Waals surface area contributed by atoms with Crippen LogP contribution in [-0.4, -0.2) is 44.8 Å². The van der Waals surface area contributed by atoms with Crippen LogP contribution in [0.4, 0.5) is 5.69 Å². The van der Waals surface area contributed by atoms with Crippen LogP contribution in [0.1, 0.15) is 43.5 Å². The molecular weight excluding hydrogens is 426 g/mol. The van der Waals surface area contributed by atoms with Gasteiger partial charge in [0.25, 0.3) is 15.9 Å². The van der Waals surface area contributed by atoms with Gasteiger partial charge >= 0.3 is 0 Å². The largest absolute Gasteiger partial charge is 0.356 e. The maximum atomic E-state index is 12.9. The Bertz CT molecular complexity index is 1020. The Balaban J connectivity index is 1.59. The smallest absolute Gasteiger partial charge is 0.261 e. The quantitative estimate of drug-likeness (QED) is 0.634. The molecule has 2 amide bonds. The number of piperidine rings is 1. The van der Waals surface area contributed by atoms with E-state index in [4.69, 9.17) is 0 Å². The molecule has 2 aromatic rings. The van der Waals surface area contributed by atoms with Gasteiger partial charge in [-0.1, -0.05) is 32.0 Å². The van der Waals surface area contributed by atoms with E-state index in [1.165, 1.54) is 12.1 Å². The van der Waals surface area contributed by atoms with E-state index in [0.29, 0.717) is 36.8 Å². The second-order valence-corrected chi connectivity index (χ2v) is 10.2. The first-order valence-electron chi connectivity index (χ1n) is 11.0. The van der Waals surface area contributed by atoms with Crippen LogP contribution < -0.4 is 10.0 Å². The lowest BCUT2D eigenvalue weighted by Crippen LogP contribution is -2.45. The van der Waals surface area contributed by atoms with Crippen LogP contribution in [0.2, 0.25) is 0 Å². The first kappa shape index (κ1) is 23.8. The highest BCUT2D eigenvalue weighted by Crippen LogP contribution is 2.21. The predicted molar refractivity (Wildman–Crippen MR) is 125 cm³/mol. The SMILES string of the molecule is CC(C)CCNC(=O)[C@H]1CCCN(C(=O)c2ccc(NS(=O)(=O)c3ccccc3)cc2)C1. The lowest BCUT2D eigenvalue weighted by molar-refractivity contribution is -0.126. The number of amides is 2. The van der Waals surface area contributed by atoms with E-state index in [-0.39, 0.29) is 22.6 Å². The maximum absolute atomic E-state index is 12.9. The van der Waals surface area contributed by atoms with Gasteiger partial charge in [0, 0.05) is 30.9 Å². The maximum Gasteiger partial charge on any atom is 0.261 e. The third-order valence-corrected chi connectivity index (χ3v) is 6.94. The van der Waals surface area contributed by atoms with Crippen LogP contribution in [0.3, 0.4) is 0 Å². The molecule has 8 heteroatoms. The van der Waals surface area contributed by atoms with Crippen molar-refractivity contribution in [3.05, 3.63) is 60.2 Å². The van der Waals surface area contributed by atoms with Gasteiger partial charge in [-0.15, -0.1) is 0 Å². The highest BCUT2D eigenvalue weighted by molar-refractivity contribution is 7.92. The summed E-state index contributed by atoms with van der Waals surface area (Å²) in [5.74, 6) is 0.188. The van der Waals surface area contributed by atoms with Crippen molar-refractivity contribution in [1.82, 2.24) is 10.2 Å². The molecule has 32 heavy (non-hydrogen) atoms. The number of hydrogen-bond acceptors (Lipinski definition) is 4. The first-order chi connectivity index (χ1) is 15.3. The minimum absolute atomic E-state index is 0.00816. The number of benzene rings is 2. The fourth-order valence-corrected chi connectivity index (χ4v) is 4.76. The lowest BCUT2D eigenvalue weighted by atomic mass is 9.96. The molecule has 1 saturated heterocycles. The van der Waals surface area contributed by atoms with Gasteiger partial charge in [0.2, 0.25) is 5.91 Å². The Hall–Kier alpha value is -2.87. The fourth-order valence-electron chi connectivity index (χ4n) is 3.68. The Kier molecular flexibility index (Phi) is 7.90. The molecular formula is C24H31N3O4S. The van der Waals surface area contributed by atoms with E-state index in [9.17, 15) is 18.0 Å². The molecule has 1 aliphatic heterocycles. The summed E-state index contributed by atoms with van der Waals surface area (Å²) < 4.78 is 27.4. The van der Waals surface area contributed by atoms with E-state index in [2.05, 4.69) is 23.9 Å². The Labute approximate surface area is 190 Å². The number of likely N-dealkylation sites (tertiary alicyclic amines) is 1. The average Bonchev–Trinajstić information content (AvgIpc) is 2.79. The number of nitrogens with one attached hydrogen (secondary N) is 2. The molecule has 0 unspecified atom stereocenters. The number of carbonyl (C=O) groups excluding carboxylic acids is 2. The van der Waals surface area contributed by atoms with E-state index in [1.54, 1.807) is 47.4 Å². The summed E-state index contributed by atoms with van der Waals surface area (Å²) in [6.07, 6.45) is 2.49. The fraction of sp³-hybridized carbons (Fsp3) is 0.417. The molecule has 0 bridgehead atoms. The molecule has 0 saturated carbocycles. The van der Waals surface area contributed by atoms with Crippen molar-refractivity contribution < 1.29 is 18.0 Å². The van der Waals surface area contributed by atoms with Crippen molar-refractivity contribution >= 4 is 27.5 Å². The third-order valence-electron chi connectivity index (χ3n) is 5.54. The molecule has 2 N–H and O–H groups in total. The van der Waals surface area contributed by atoms with Crippen LogP contribution in [0.5, 0.6) is 0 Å². The van der Waals surface area contributed by atoms with Crippen molar-refractivity contribution in [1.29, 1.82) is 0 Å². The molecule has 2 aromatic carbocycles. The number of carbonyl (C=O) groups is 2. The number of sulfonamides is 1. The summed E-state index contributed by atoms with van der Waals surface area (Å²) in [6, 6.07) is 14.5. The Morgan fingerprint density at radius 1 is 1.06 bits per heavy atom. The van der Waals surface area contributed by atoms with Crippen LogP contribution in [0, 0.1) is 11.8 Å². The summed E-state index contributed by atoms with van der Waals surface area (Å²) in [4.78, 5) is 27.3. The zero-order chi connectivity index (χ0) is 23.1. The Morgan fingerprint density at radius 3 is 2.41 bits per heavy atom. The molecule has 1 heterocycles. The van der Waals surface area contributed by atoms with E-state index < -0.39 is 10.0 Å². The summed E-state index contributed by atoms with van der Waals surface area (Å²) in [6.45, 7) is 5.89. The number of anilines is 1. The molecule has 0 aromatic heterocycles. The van der Waals surface area contributed by atoms with Gasteiger partial charge < -0.3 is 10.2 Å². The van der Waals surface area contributed by atoms with Gasteiger partial charge in [0.15, 0.2) is 0 Å². The second kappa shape index (κ2) is 10.6. The Morgan fingerprint density at radius 2 is 1.75 bits per heavy atom. The first-order valence-corrected chi connectivity index (χ1v) is 12.5. The lowest BCUT2D eigenvalue weighted by Gasteiger charge is -2.32. The summed E-state index contributed by atoms with van der Waals surface area (Å²) in [5, 5.41) is 2.98. The number of rotatable bonds is 8. The third kappa shape index (κ3) is 6.32. The monoisotopic (exact) mass is 457 g/mol. The van der Waals surface area contributed by atoms with E-state index >= 15 is 0 Å². The second-order valence-electron chi connectivity index (χ2n) is 8.56. The van der Waals surface area contributed by atoms with Crippen LogP contribution in [-0.2, 0) is 14.8 Å². The van der Waals surface area contributed by atoms with E-state index in [1.807, 2.05) is 0 Å². The topological polar surface area (TPSA) is 95.6 Å². The van der Waals surface area contributed by atoms with Gasteiger partial charge in [0.05, 0.1) is 10.8 Å². The van der Waals surface area contributed by atoms with Crippen molar-refractivity contribution in [2.45, 2.75) is 38.0 Å². The van der Waals surface area contributed by atoms with Gasteiger partial charge in [0.1, 0.15) is 0 Å². The van der Waals surface area contributed by atoms with Gasteiger partial charge in [-0.2, -0.15) is 0 Å². The van der Waals surface area contributed by atoms with Crippen LogP contribution in [0.15, 0.2) is 59.5 Å². The molecule has 1 atom stereocenters. The molecule has 172 valence electrons. The van der Waals surface area contributed by atoms with Gasteiger partial charge in [-0.3, -0.25) is 14.3 Å². The molecule has 1 aliphatic rings. The molecule has 0 radical (unpaired) electrons. The van der Waals surface area contributed by atoms with Crippen LogP contribution in [0.25, 0.3) is 0 Å². The number of hydrogen-bond donors (Lipinski definition) is 2. The van der Waals surface area contributed by atoms with Crippen LogP contribution >= 0.6 is 0 Å². The van der Waals surface area contributed by atoms with E-state index in [0.717, 1.165) is 19.3 Å². The van der Waals surface area contributed by atoms with Crippen molar-refractivity contribution in [3.8, 4) is 0 Å². The minimum Gasteiger partial charge on any atom is -0.356 e. The normalized spacial score (nSPS) is 16.6. The van der Waals surface area contributed by atoms with Crippen molar-refractivity contribution in [3.63, 3.8) is 0 Å². The average molecular weight is 458 g/mol. The summed E-state index contributed by atoms with van der Waals surface area (Å²) in [7, 11) is -3.69. The zero-order valence-corrected chi connectivity index (χ0v) is 19.4. The minimum atomic E-state index is -3.69. The molecule has 0 aliphatic carbocycles. The molecule has 7 nitrogen and oxygen atoms in total. The summed E-state index contributed by atoms with van der Waals surface area (Å²) >= 11 is 0. The highest BCUT2D eigenvalue weighted by atomic mass is 32.2. The summed E-state index contributed by atoms with van der Waals surface area (Å²) in [5.41, 5.74) is 0.847. The predicted octanol–water partition coefficient (Wildman–Crippen LogP) is 3.50. The standard InChI is InChI=1S/C24H31N3O4S/c1-18(2)14-15-25-23(28)20-7-6-16-27(17-20)24(29)19-10-12-21(13-11-19)26-32(30,31)22-8-4-3-5-9-22/h3-5,8-13,18,20,26H,6-7,14-17H2,1-2H3,(H,25,28)/t20-/m0/s1. The number of nitrogens with zero attached hydrogens (tertiary/aromatic N) is 1. The molecule has 3 rings (SSSR count). The van der Waals surface area contributed by atoms with Gasteiger partial charge in [-0.05, 0) is 61.6 Å². The zero-order valence-electron chi connectivity index (χ0n) is 18.6. The van der Waals surface area contributed by atoms with Crippen molar-refractivity contribution in [2.75, 3.05) is 24.4 Å². The van der Waals surface area contributed by atoms with Crippen molar-refractivity contribution in [2.24, 2.45) is 11.8 Å². The highest BCUT2D eigenvalue weighted by Gasteiger charge is 2.28. The van der Waals surface area contributed by atoms with Gasteiger partial charge in [-0.25, -0.2) is 8.42 Å². The molecule has 0 spiro atoms. The molecule has 1 fully saturated rings.